The zero-order chi connectivity index (χ0) is 38.1. The maximum absolute atomic E-state index is 5.05. The molecule has 1 atom stereocenters. The Morgan fingerprint density at radius 1 is 0.649 bits per heavy atom. The first-order valence-electron chi connectivity index (χ1n) is 19.8. The molecule has 2 N–H and O–H groups in total. The van der Waals surface area contributed by atoms with Crippen LogP contribution in [0.3, 0.4) is 0 Å². The number of amidine groups is 1. The molecule has 1 aliphatic carbocycles. The number of aromatic nitrogens is 1. The molecule has 57 heavy (non-hydrogen) atoms. The largest absolute Gasteiger partial charge is 0.309 e. The normalized spacial score (nSPS) is 14.2. The van der Waals surface area contributed by atoms with Crippen molar-refractivity contribution in [3.63, 3.8) is 0 Å². The van der Waals surface area contributed by atoms with Gasteiger partial charge in [-0.15, -0.1) is 11.3 Å². The first-order valence-corrected chi connectivity index (χ1v) is 20.6. The zero-order valence-corrected chi connectivity index (χ0v) is 32.6. The lowest BCUT2D eigenvalue weighted by Crippen LogP contribution is -2.37. The summed E-state index contributed by atoms with van der Waals surface area (Å²) in [5, 5.41) is 5.27. The summed E-state index contributed by atoms with van der Waals surface area (Å²) in [4.78, 5) is 5.05. The van der Waals surface area contributed by atoms with E-state index in [0.717, 1.165) is 29.1 Å². The Morgan fingerprint density at radius 2 is 1.35 bits per heavy atom. The number of hydrogen-bond acceptors (Lipinski definition) is 3. The number of benzene rings is 7. The lowest BCUT2D eigenvalue weighted by Gasteiger charge is -2.16. The molecular weight excluding hydrogens is 713 g/mol. The van der Waals surface area contributed by atoms with E-state index >= 15 is 0 Å². The third-order valence-electron chi connectivity index (χ3n) is 11.1. The van der Waals surface area contributed by atoms with Gasteiger partial charge in [-0.05, 0) is 75.2 Å². The van der Waals surface area contributed by atoms with Crippen molar-refractivity contribution in [2.45, 2.75) is 26.4 Å². The summed E-state index contributed by atoms with van der Waals surface area (Å²) in [7, 11) is 0. The molecule has 0 saturated heterocycles. The van der Waals surface area contributed by atoms with Crippen LogP contribution < -0.4 is 20.6 Å². The second-order valence-electron chi connectivity index (χ2n) is 15.0. The number of para-hydroxylation sites is 1. The Morgan fingerprint density at radius 3 is 2.16 bits per heavy atom. The van der Waals surface area contributed by atoms with Crippen molar-refractivity contribution in [3.8, 4) is 16.8 Å². The average Bonchev–Trinajstić information content (AvgIpc) is 3.81. The number of rotatable bonds is 9. The van der Waals surface area contributed by atoms with E-state index in [4.69, 9.17) is 4.99 Å². The average molecular weight is 755 g/mol. The minimum Gasteiger partial charge on any atom is -0.309 e. The number of aliphatic imine (C=N–C) groups is 1. The number of nitrogens with one attached hydrogen (secondary N) is 2. The van der Waals surface area contributed by atoms with E-state index in [1.54, 1.807) is 0 Å². The molecule has 4 nitrogen and oxygen atoms in total. The standard InChI is InChI=1S/C52H42N4S/c1-35-30-46(51-47(31-35)45-22-13-21-42(50(45)57-51)38-16-7-3-8-17-38)40-26-29-44-43-20-11-12-23-48(43)56(49(44)32-40)41-27-24-37(25-28-41)33-53-52(39-18-9-4-10-19-39)55-54-34-36-14-5-2-6-15-36/h2-29,31-32,35,54H,30,33-34H2,1H3,(H,53,55). The molecule has 0 saturated carbocycles. The van der Waals surface area contributed by atoms with Crippen LogP contribution in [0.1, 0.15) is 35.6 Å². The quantitative estimate of drug-likeness (QED) is 0.0875. The van der Waals surface area contributed by atoms with E-state index in [1.807, 2.05) is 35.6 Å². The summed E-state index contributed by atoms with van der Waals surface area (Å²) >= 11 is 1.95. The maximum atomic E-state index is 5.05. The minimum absolute atomic E-state index is 0.444. The molecule has 10 rings (SSSR count). The van der Waals surface area contributed by atoms with Gasteiger partial charge in [-0.2, -0.15) is 0 Å². The summed E-state index contributed by atoms with van der Waals surface area (Å²) in [6.45, 7) is 3.60. The summed E-state index contributed by atoms with van der Waals surface area (Å²) in [6, 6.07) is 63.1. The Balaban J connectivity index is 1.02. The fourth-order valence-electron chi connectivity index (χ4n) is 8.36. The highest BCUT2D eigenvalue weighted by atomic mass is 32.1. The third-order valence-corrected chi connectivity index (χ3v) is 12.4. The SMILES string of the molecule is CC1C=c2c(sc3c(-c4ccccc4)cccc23)=C(c2ccc3c4ccccc4n(-c4ccc(C/N=C(\NNCc5ccccc5)c5ccccc5)cc4)c3c2)C1. The van der Waals surface area contributed by atoms with Gasteiger partial charge in [-0.3, -0.25) is 4.99 Å². The van der Waals surface area contributed by atoms with E-state index in [2.05, 4.69) is 180 Å². The van der Waals surface area contributed by atoms with E-state index in [-0.39, 0.29) is 0 Å². The maximum Gasteiger partial charge on any atom is 0.143 e. The fraction of sp³-hybridized carbons (Fsp3) is 0.0962. The highest BCUT2D eigenvalue weighted by Gasteiger charge is 2.20. The van der Waals surface area contributed by atoms with Crippen LogP contribution in [0.2, 0.25) is 0 Å². The lowest BCUT2D eigenvalue weighted by molar-refractivity contribution is 0.651. The van der Waals surface area contributed by atoms with Gasteiger partial charge in [0.1, 0.15) is 5.84 Å². The Kier molecular flexibility index (Phi) is 9.31. The van der Waals surface area contributed by atoms with Gasteiger partial charge < -0.3 is 9.99 Å². The van der Waals surface area contributed by atoms with Crippen molar-refractivity contribution < 1.29 is 0 Å². The van der Waals surface area contributed by atoms with Gasteiger partial charge in [0, 0.05) is 43.2 Å². The number of hydrazine groups is 1. The van der Waals surface area contributed by atoms with Crippen LogP contribution in [-0.2, 0) is 13.1 Å². The molecule has 276 valence electrons. The molecule has 7 aromatic carbocycles. The van der Waals surface area contributed by atoms with Crippen molar-refractivity contribution in [1.82, 2.24) is 15.4 Å². The summed E-state index contributed by atoms with van der Waals surface area (Å²) < 4.78 is 5.20. The predicted molar refractivity (Wildman–Crippen MR) is 241 cm³/mol. The van der Waals surface area contributed by atoms with Gasteiger partial charge in [0.25, 0.3) is 0 Å². The van der Waals surface area contributed by atoms with Crippen LogP contribution in [0.4, 0.5) is 0 Å². The van der Waals surface area contributed by atoms with Gasteiger partial charge in [0.05, 0.1) is 17.6 Å². The lowest BCUT2D eigenvalue weighted by atomic mass is 9.90. The summed E-state index contributed by atoms with van der Waals surface area (Å²) in [5.41, 5.74) is 19.0. The predicted octanol–water partition coefficient (Wildman–Crippen LogP) is 10.9. The Hall–Kier alpha value is -6.53. The van der Waals surface area contributed by atoms with Gasteiger partial charge in [0.2, 0.25) is 0 Å². The molecule has 2 heterocycles. The van der Waals surface area contributed by atoms with Crippen molar-refractivity contribution in [3.05, 3.63) is 208 Å². The molecule has 0 fully saturated rings. The van der Waals surface area contributed by atoms with Crippen molar-refractivity contribution in [2.24, 2.45) is 10.9 Å². The number of thiophene rings is 1. The summed E-state index contributed by atoms with van der Waals surface area (Å²) in [5.74, 6) is 1.26. The van der Waals surface area contributed by atoms with E-state index in [9.17, 15) is 0 Å². The first kappa shape index (κ1) is 34.9. The molecule has 0 spiro atoms. The molecule has 0 radical (unpaired) electrons. The highest BCUT2D eigenvalue weighted by molar-refractivity contribution is 7.17. The highest BCUT2D eigenvalue weighted by Crippen LogP contribution is 2.36. The van der Waals surface area contributed by atoms with Crippen molar-refractivity contribution in [1.29, 1.82) is 0 Å². The summed E-state index contributed by atoms with van der Waals surface area (Å²) in [6.07, 6.45) is 3.51. The molecule has 5 heteroatoms. The van der Waals surface area contributed by atoms with Crippen LogP contribution in [0.15, 0.2) is 181 Å². The second-order valence-corrected chi connectivity index (χ2v) is 16.0. The van der Waals surface area contributed by atoms with Gasteiger partial charge >= 0.3 is 0 Å². The van der Waals surface area contributed by atoms with Crippen LogP contribution >= 0.6 is 11.3 Å². The van der Waals surface area contributed by atoms with Gasteiger partial charge in [-0.25, -0.2) is 5.43 Å². The molecule has 0 amide bonds. The Labute approximate surface area is 336 Å². The van der Waals surface area contributed by atoms with Gasteiger partial charge in [0.15, 0.2) is 0 Å². The van der Waals surface area contributed by atoms with E-state index in [0.29, 0.717) is 19.0 Å². The van der Waals surface area contributed by atoms with Crippen LogP contribution in [-0.4, -0.2) is 10.4 Å². The van der Waals surface area contributed by atoms with Crippen LogP contribution in [0.5, 0.6) is 0 Å². The molecular formula is C52H42N4S. The van der Waals surface area contributed by atoms with Crippen molar-refractivity contribution in [2.75, 3.05) is 0 Å². The number of hydrogen-bond donors (Lipinski definition) is 2. The second kappa shape index (κ2) is 15.2. The molecule has 1 unspecified atom stereocenters. The number of nitrogens with zero attached hydrogens (tertiary/aromatic N) is 2. The molecule has 2 aromatic heterocycles. The van der Waals surface area contributed by atoms with Gasteiger partial charge in [-0.1, -0.05) is 165 Å². The molecule has 0 aliphatic heterocycles. The van der Waals surface area contributed by atoms with Crippen LogP contribution in [0.25, 0.3) is 60.4 Å². The topological polar surface area (TPSA) is 41.4 Å². The molecule has 0 bridgehead atoms. The monoisotopic (exact) mass is 754 g/mol. The van der Waals surface area contributed by atoms with E-state index in [1.165, 1.54) is 69.5 Å². The molecule has 1 aliphatic rings. The minimum atomic E-state index is 0.444. The smallest absolute Gasteiger partial charge is 0.143 e. The first-order chi connectivity index (χ1) is 28.2. The molecule has 9 aromatic rings. The number of fused-ring (bicyclic) bond motifs is 6. The van der Waals surface area contributed by atoms with E-state index < -0.39 is 0 Å². The Bertz CT molecular complexity index is 3030. The van der Waals surface area contributed by atoms with Crippen molar-refractivity contribution >= 4 is 60.7 Å². The third kappa shape index (κ3) is 6.75. The fourth-order valence-corrected chi connectivity index (χ4v) is 9.76. The van der Waals surface area contributed by atoms with Crippen LogP contribution in [0, 0.1) is 5.92 Å². The zero-order valence-electron chi connectivity index (χ0n) is 31.8.